The molecule has 0 radical (unpaired) electrons. The zero-order valence-corrected chi connectivity index (χ0v) is 14.2. The van der Waals surface area contributed by atoms with Crippen LogP contribution in [0, 0.1) is 6.92 Å². The van der Waals surface area contributed by atoms with Crippen LogP contribution in [0.3, 0.4) is 0 Å². The Balaban J connectivity index is 2.33. The molecule has 2 aromatic rings. The van der Waals surface area contributed by atoms with E-state index in [1.54, 1.807) is 11.3 Å². The minimum absolute atomic E-state index is 0.347. The minimum atomic E-state index is 0.347. The molecule has 0 aliphatic carbocycles. The summed E-state index contributed by atoms with van der Waals surface area (Å²) in [5.74, 6) is 0. The summed E-state index contributed by atoms with van der Waals surface area (Å²) < 4.78 is 0. The third-order valence-electron chi connectivity index (χ3n) is 3.68. The van der Waals surface area contributed by atoms with Crippen molar-refractivity contribution in [2.75, 3.05) is 18.5 Å². The predicted molar refractivity (Wildman–Crippen MR) is 92.7 cm³/mol. The molecule has 3 nitrogen and oxygen atoms in total. The Bertz CT molecular complexity index is 550. The van der Waals surface area contributed by atoms with E-state index in [2.05, 4.69) is 61.3 Å². The number of hydrogen-bond acceptors (Lipinski definition) is 4. The van der Waals surface area contributed by atoms with E-state index < -0.39 is 0 Å². The van der Waals surface area contributed by atoms with Crippen molar-refractivity contribution in [2.45, 2.75) is 39.7 Å². The molecule has 1 unspecified atom stereocenters. The first-order valence-electron chi connectivity index (χ1n) is 7.64. The quantitative estimate of drug-likeness (QED) is 0.805. The summed E-state index contributed by atoms with van der Waals surface area (Å²) in [6.07, 6.45) is 2.36. The third-order valence-corrected chi connectivity index (χ3v) is 5.04. The molecular formula is C17H25N3S. The Kier molecular flexibility index (Phi) is 5.76. The molecule has 0 spiro atoms. The fraction of sp³-hybridized carbons (Fsp3) is 0.471. The number of anilines is 2. The molecule has 4 heteroatoms. The summed E-state index contributed by atoms with van der Waals surface area (Å²) >= 11 is 1.80. The maximum atomic E-state index is 4.81. The van der Waals surface area contributed by atoms with Crippen molar-refractivity contribution in [3.63, 3.8) is 0 Å². The Labute approximate surface area is 132 Å². The molecule has 0 bridgehead atoms. The molecule has 0 fully saturated rings. The van der Waals surface area contributed by atoms with Crippen LogP contribution in [0.15, 0.2) is 30.3 Å². The lowest BCUT2D eigenvalue weighted by Gasteiger charge is -2.21. The van der Waals surface area contributed by atoms with E-state index in [-0.39, 0.29) is 0 Å². The molecule has 0 saturated heterocycles. The van der Waals surface area contributed by atoms with Crippen molar-refractivity contribution in [3.8, 4) is 0 Å². The van der Waals surface area contributed by atoms with E-state index in [1.807, 2.05) is 7.05 Å². The lowest BCUT2D eigenvalue weighted by molar-refractivity contribution is 0.658. The molecular weight excluding hydrogens is 278 g/mol. The van der Waals surface area contributed by atoms with Crippen LogP contribution in [0.4, 0.5) is 10.8 Å². The Morgan fingerprint density at radius 3 is 2.62 bits per heavy atom. The molecule has 1 N–H and O–H groups in total. The first-order valence-corrected chi connectivity index (χ1v) is 8.46. The van der Waals surface area contributed by atoms with Crippen LogP contribution in [0.2, 0.25) is 0 Å². The molecule has 1 aromatic carbocycles. The Hall–Kier alpha value is -1.39. The highest BCUT2D eigenvalue weighted by Gasteiger charge is 2.18. The zero-order chi connectivity index (χ0) is 15.2. The maximum Gasteiger partial charge on any atom is 0.190 e. The third kappa shape index (κ3) is 3.83. The van der Waals surface area contributed by atoms with Crippen molar-refractivity contribution in [2.24, 2.45) is 0 Å². The predicted octanol–water partition coefficient (Wildman–Crippen LogP) is 4.67. The van der Waals surface area contributed by atoms with E-state index >= 15 is 0 Å². The van der Waals surface area contributed by atoms with Gasteiger partial charge in [-0.15, -0.1) is 0 Å². The van der Waals surface area contributed by atoms with E-state index in [0.717, 1.165) is 17.4 Å². The van der Waals surface area contributed by atoms with Gasteiger partial charge in [0, 0.05) is 23.2 Å². The fourth-order valence-corrected chi connectivity index (χ4v) is 3.48. The van der Waals surface area contributed by atoms with Crippen LogP contribution in [0.1, 0.15) is 43.3 Å². The zero-order valence-electron chi connectivity index (χ0n) is 13.4. The molecule has 21 heavy (non-hydrogen) atoms. The van der Waals surface area contributed by atoms with Gasteiger partial charge in [-0.1, -0.05) is 42.9 Å². The van der Waals surface area contributed by atoms with Crippen LogP contribution in [0.5, 0.6) is 0 Å². The molecule has 0 saturated carbocycles. The summed E-state index contributed by atoms with van der Waals surface area (Å²) in [5.41, 5.74) is 2.36. The molecule has 0 aliphatic rings. The number of nitrogens with zero attached hydrogens (tertiary/aromatic N) is 2. The summed E-state index contributed by atoms with van der Waals surface area (Å²) in [6, 6.07) is 10.9. The summed E-state index contributed by atoms with van der Waals surface area (Å²) in [4.78, 5) is 8.48. The smallest absolute Gasteiger partial charge is 0.190 e. The number of aryl methyl sites for hydroxylation is 1. The molecule has 0 aliphatic heterocycles. The van der Waals surface area contributed by atoms with E-state index in [0.29, 0.717) is 6.04 Å². The van der Waals surface area contributed by atoms with Crippen LogP contribution in [0.25, 0.3) is 0 Å². The molecule has 1 aromatic heterocycles. The number of hydrogen-bond donors (Lipinski definition) is 1. The maximum absolute atomic E-state index is 4.81. The summed E-state index contributed by atoms with van der Waals surface area (Å²) in [5, 5.41) is 4.41. The van der Waals surface area contributed by atoms with Gasteiger partial charge in [-0.3, -0.25) is 0 Å². The van der Waals surface area contributed by atoms with Crippen molar-refractivity contribution in [3.05, 3.63) is 40.9 Å². The SMILES string of the molecule is CCCCN(c1ccccc1)c1nc(C)c(C(C)NC)s1. The number of aromatic nitrogens is 1. The minimum Gasteiger partial charge on any atom is -0.318 e. The van der Waals surface area contributed by atoms with Crippen LogP contribution in [-0.4, -0.2) is 18.6 Å². The summed E-state index contributed by atoms with van der Waals surface area (Å²) in [6.45, 7) is 7.53. The highest BCUT2D eigenvalue weighted by Crippen LogP contribution is 2.34. The Morgan fingerprint density at radius 2 is 2.00 bits per heavy atom. The van der Waals surface area contributed by atoms with Crippen LogP contribution >= 0.6 is 11.3 Å². The topological polar surface area (TPSA) is 28.2 Å². The van der Waals surface area contributed by atoms with Gasteiger partial charge >= 0.3 is 0 Å². The van der Waals surface area contributed by atoms with Gasteiger partial charge in [-0.25, -0.2) is 4.98 Å². The molecule has 1 heterocycles. The monoisotopic (exact) mass is 303 g/mol. The highest BCUT2D eigenvalue weighted by atomic mass is 32.1. The van der Waals surface area contributed by atoms with Gasteiger partial charge in [0.2, 0.25) is 0 Å². The van der Waals surface area contributed by atoms with Gasteiger partial charge in [0.05, 0.1) is 5.69 Å². The first kappa shape index (κ1) is 16.0. The first-order chi connectivity index (χ1) is 10.2. The fourth-order valence-electron chi connectivity index (χ4n) is 2.30. The van der Waals surface area contributed by atoms with Gasteiger partial charge in [-0.2, -0.15) is 0 Å². The lowest BCUT2D eigenvalue weighted by atomic mass is 10.2. The van der Waals surface area contributed by atoms with Crippen LogP contribution in [-0.2, 0) is 0 Å². The standard InChI is InChI=1S/C17H25N3S/c1-5-6-12-20(15-10-8-7-9-11-15)17-19-14(3)16(21-17)13(2)18-4/h7-11,13,18H,5-6,12H2,1-4H3. The van der Waals surface area contributed by atoms with Gasteiger partial charge < -0.3 is 10.2 Å². The van der Waals surface area contributed by atoms with Crippen LogP contribution < -0.4 is 10.2 Å². The average molecular weight is 303 g/mol. The lowest BCUT2D eigenvalue weighted by Crippen LogP contribution is -2.18. The molecule has 2 rings (SSSR count). The van der Waals surface area contributed by atoms with Gasteiger partial charge in [-0.05, 0) is 39.4 Å². The van der Waals surface area contributed by atoms with Crippen molar-refractivity contribution in [1.29, 1.82) is 0 Å². The molecule has 0 amide bonds. The average Bonchev–Trinajstić information content (AvgIpc) is 2.90. The highest BCUT2D eigenvalue weighted by molar-refractivity contribution is 7.15. The van der Waals surface area contributed by atoms with Gasteiger partial charge in [0.15, 0.2) is 5.13 Å². The number of unbranched alkanes of at least 4 members (excludes halogenated alkanes) is 1. The van der Waals surface area contributed by atoms with Crippen molar-refractivity contribution in [1.82, 2.24) is 10.3 Å². The number of benzene rings is 1. The molecule has 114 valence electrons. The summed E-state index contributed by atoms with van der Waals surface area (Å²) in [7, 11) is 2.00. The van der Waals surface area contributed by atoms with E-state index in [4.69, 9.17) is 4.98 Å². The largest absolute Gasteiger partial charge is 0.318 e. The second-order valence-corrected chi connectivity index (χ2v) is 6.31. The second kappa shape index (κ2) is 7.57. The number of para-hydroxylation sites is 1. The Morgan fingerprint density at radius 1 is 1.29 bits per heavy atom. The van der Waals surface area contributed by atoms with E-state index in [1.165, 1.54) is 23.4 Å². The number of nitrogens with one attached hydrogen (secondary N) is 1. The van der Waals surface area contributed by atoms with E-state index in [9.17, 15) is 0 Å². The molecule has 1 atom stereocenters. The van der Waals surface area contributed by atoms with Crippen molar-refractivity contribution < 1.29 is 0 Å². The van der Waals surface area contributed by atoms with Gasteiger partial charge in [0.1, 0.15) is 0 Å². The van der Waals surface area contributed by atoms with Gasteiger partial charge in [0.25, 0.3) is 0 Å². The number of thiazole rings is 1. The second-order valence-electron chi connectivity index (χ2n) is 5.30. The normalized spacial score (nSPS) is 12.4. The number of rotatable bonds is 7. The van der Waals surface area contributed by atoms with Crippen molar-refractivity contribution >= 4 is 22.2 Å².